The van der Waals surface area contributed by atoms with E-state index in [0.717, 1.165) is 36.4 Å². The van der Waals surface area contributed by atoms with Crippen molar-refractivity contribution in [2.45, 2.75) is 155 Å². The highest BCUT2D eigenvalue weighted by Gasteiger charge is 2.40. The quantitative estimate of drug-likeness (QED) is 0.124. The summed E-state index contributed by atoms with van der Waals surface area (Å²) in [7, 11) is 0. The van der Waals surface area contributed by atoms with Crippen LogP contribution in [0.4, 0.5) is 114 Å². The van der Waals surface area contributed by atoms with E-state index in [0.29, 0.717) is 23.3 Å². The molecule has 0 saturated heterocycles. The van der Waals surface area contributed by atoms with Crippen LogP contribution < -0.4 is 14.2 Å². The molecule has 1 aromatic heterocycles. The van der Waals surface area contributed by atoms with Gasteiger partial charge in [0.25, 0.3) is 6.43 Å². The van der Waals surface area contributed by atoms with Gasteiger partial charge in [-0.15, -0.1) is 13.2 Å². The monoisotopic (exact) mass is 1310 g/mol. The van der Waals surface area contributed by atoms with Crippen molar-refractivity contribution < 1.29 is 128 Å². The average Bonchev–Trinajstić information content (AvgIpc) is 1.37. The number of aromatic nitrogens is 1. The molecule has 5 rings (SSSR count). The summed E-state index contributed by atoms with van der Waals surface area (Å²) in [5, 5.41) is 0.237. The van der Waals surface area contributed by atoms with Crippen LogP contribution in [0.1, 0.15) is 160 Å². The molecule has 4 aromatic carbocycles. The van der Waals surface area contributed by atoms with E-state index in [9.17, 15) is 114 Å². The Morgan fingerprint density at radius 1 is 0.360 bits per heavy atom. The number of nitrogens with zero attached hydrogens (tertiary/aromatic N) is 1. The Morgan fingerprint density at radius 3 is 1.00 bits per heavy atom. The van der Waals surface area contributed by atoms with Gasteiger partial charge in [0.1, 0.15) is 29.5 Å². The van der Waals surface area contributed by atoms with Crippen LogP contribution in [0.2, 0.25) is 5.02 Å². The van der Waals surface area contributed by atoms with Gasteiger partial charge in [-0.05, 0) is 137 Å². The predicted molar refractivity (Wildman–Crippen MR) is 265 cm³/mol. The minimum atomic E-state index is -4.88. The van der Waals surface area contributed by atoms with Gasteiger partial charge in [-0.3, -0.25) is 0 Å². The molecule has 0 saturated carbocycles. The Labute approximate surface area is 480 Å². The molecule has 86 heavy (non-hydrogen) atoms. The molecule has 0 aliphatic carbocycles. The first-order valence-corrected chi connectivity index (χ1v) is 24.9. The second-order valence-electron chi connectivity index (χ2n) is 19.7. The zero-order chi connectivity index (χ0) is 67.3. The maximum Gasteiger partial charge on any atom is 0.573 e. The first-order valence-electron chi connectivity index (χ1n) is 24.6. The molecular weight excluding hydrogens is 1250 g/mol. The number of rotatable bonds is 11. The maximum atomic E-state index is 12.6. The summed E-state index contributed by atoms with van der Waals surface area (Å²) < 4.78 is 333. The molecule has 0 spiro atoms. The van der Waals surface area contributed by atoms with E-state index >= 15 is 0 Å². The molecule has 31 heteroatoms. The minimum absolute atomic E-state index is 0.0197. The van der Waals surface area contributed by atoms with Crippen LogP contribution >= 0.6 is 11.6 Å². The lowest BCUT2D eigenvalue weighted by molar-refractivity contribution is -0.274. The average molecular weight is 1310 g/mol. The van der Waals surface area contributed by atoms with Crippen molar-refractivity contribution >= 4 is 11.6 Å². The zero-order valence-electron chi connectivity index (χ0n) is 46.3. The Balaban J connectivity index is 0.000000538. The van der Waals surface area contributed by atoms with Gasteiger partial charge in [0.2, 0.25) is 0 Å². The van der Waals surface area contributed by atoms with Crippen LogP contribution in [0.25, 0.3) is 0 Å². The zero-order valence-corrected chi connectivity index (χ0v) is 47.1. The summed E-state index contributed by atoms with van der Waals surface area (Å²) in [6.07, 6.45) is -40.4. The second kappa shape index (κ2) is 30.7. The number of pyridine rings is 1. The molecule has 5 aromatic rings. The predicted octanol–water partition coefficient (Wildman–Crippen LogP) is 22.7. The number of hydrogen-bond donors (Lipinski definition) is 0. The normalized spacial score (nSPS) is 12.7. The number of hydrogen-bond acceptors (Lipinski definition) is 4. The van der Waals surface area contributed by atoms with E-state index < -0.39 is 120 Å². The molecule has 0 radical (unpaired) electrons. The van der Waals surface area contributed by atoms with Gasteiger partial charge < -0.3 is 14.2 Å². The summed E-state index contributed by atoms with van der Waals surface area (Å²) >= 11 is 5.68. The van der Waals surface area contributed by atoms with E-state index in [1.165, 1.54) is 45.9 Å². The van der Waals surface area contributed by atoms with Crippen LogP contribution in [-0.4, -0.2) is 37.2 Å². The van der Waals surface area contributed by atoms with Crippen molar-refractivity contribution in [1.82, 2.24) is 4.98 Å². The first kappa shape index (κ1) is 77.9. The Kier molecular flexibility index (Phi) is 27.8. The van der Waals surface area contributed by atoms with Crippen molar-refractivity contribution in [3.8, 4) is 17.2 Å². The molecule has 0 amide bonds. The lowest BCUT2D eigenvalue weighted by Gasteiger charge is -2.15. The Morgan fingerprint density at radius 2 is 0.686 bits per heavy atom. The lowest BCUT2D eigenvalue weighted by Crippen LogP contribution is -2.19. The van der Waals surface area contributed by atoms with Gasteiger partial charge in [-0.25, -0.2) is 13.8 Å². The van der Waals surface area contributed by atoms with Crippen molar-refractivity contribution in [3.63, 3.8) is 0 Å². The first-order chi connectivity index (χ1) is 38.5. The number of ether oxygens (including phenoxy) is 3. The standard InChI is InChI=1S/C12H12F6O.C12H13F5O.C11H10F6.C10H10ClF3O.C10H9F6N/c1-7(2)8-3-9(12(16,17)18)5-10(4-8)19-6-11(13,14)15;1-7(2)8-3-9(12(15,16)17)5-10(4-8)18-6-11(13)14;1-6(2)7-3-8(10(12,13)14)5-9(4-7)11(15,16)17;1-6(2)7-3-8(11)5-9(4-7)15-10(12,13)14;1-5(2)7-3-6(9(11,12)13)4-8(17-7)10(14,15)16/h3-5,7H,6H2,1-2H3;3-5,7,11H,6H2,1-2H3;3-6H,1-2H3;3-6H,1-2H3;3-5H,1-2H3. The Bertz CT molecular complexity index is 2750. The fraction of sp³-hybridized carbons (Fsp3) is 0.473. The van der Waals surface area contributed by atoms with Crippen LogP contribution in [0, 0.1) is 0 Å². The van der Waals surface area contributed by atoms with E-state index in [4.69, 9.17) is 11.6 Å². The summed E-state index contributed by atoms with van der Waals surface area (Å²) in [5.41, 5.74) is -6.12. The van der Waals surface area contributed by atoms with Crippen LogP contribution in [-0.2, 0) is 37.1 Å². The molecule has 4 nitrogen and oxygen atoms in total. The van der Waals surface area contributed by atoms with Crippen molar-refractivity contribution in [3.05, 3.63) is 151 Å². The SMILES string of the molecule is CC(C)c1cc(C(F)(F)F)cc(C(F)(F)F)c1.CC(C)c1cc(C(F)(F)F)cc(C(F)(F)F)n1.CC(C)c1cc(Cl)cc(OC(F)(F)F)c1.CC(C)c1cc(OCC(F)(F)F)cc(C(F)(F)F)c1.CC(C)c1cc(OCC(F)F)cc(C(F)(F)F)c1. The summed E-state index contributed by atoms with van der Waals surface area (Å²) in [4.78, 5) is 3.19. The van der Waals surface area contributed by atoms with Crippen LogP contribution in [0.5, 0.6) is 17.2 Å². The number of benzene rings is 4. The number of alkyl halides is 26. The highest BCUT2D eigenvalue weighted by atomic mass is 35.5. The van der Waals surface area contributed by atoms with Gasteiger partial charge in [0.15, 0.2) is 6.61 Å². The largest absolute Gasteiger partial charge is 0.573 e. The van der Waals surface area contributed by atoms with Crippen molar-refractivity contribution in [2.24, 2.45) is 0 Å². The van der Waals surface area contributed by atoms with Crippen molar-refractivity contribution in [2.75, 3.05) is 13.2 Å². The fourth-order valence-electron chi connectivity index (χ4n) is 6.31. The molecule has 0 aliphatic rings. The second-order valence-corrected chi connectivity index (χ2v) is 20.2. The Hall–Kier alpha value is -6.10. The molecule has 0 fully saturated rings. The van der Waals surface area contributed by atoms with Gasteiger partial charge >= 0.3 is 49.6 Å². The van der Waals surface area contributed by atoms with E-state index in [1.807, 2.05) is 13.8 Å². The maximum absolute atomic E-state index is 12.6. The van der Waals surface area contributed by atoms with Gasteiger partial charge in [0, 0.05) is 10.7 Å². The molecular formula is C55H54ClF26NO3. The third kappa shape index (κ3) is 29.1. The molecule has 0 bridgehead atoms. The third-order valence-electron chi connectivity index (χ3n) is 10.7. The third-order valence-corrected chi connectivity index (χ3v) is 11.0. The highest BCUT2D eigenvalue weighted by Crippen LogP contribution is 2.41. The van der Waals surface area contributed by atoms with Crippen LogP contribution in [0.15, 0.2) is 84.9 Å². The summed E-state index contributed by atoms with van der Waals surface area (Å²) in [5.74, 6) is -2.13. The topological polar surface area (TPSA) is 40.6 Å². The molecule has 1 heterocycles. The highest BCUT2D eigenvalue weighted by molar-refractivity contribution is 6.30. The molecule has 486 valence electrons. The minimum Gasteiger partial charge on any atom is -0.488 e. The molecule has 0 unspecified atom stereocenters. The van der Waals surface area contributed by atoms with E-state index in [-0.39, 0.29) is 63.2 Å². The molecule has 0 N–H and O–H groups in total. The lowest BCUT2D eigenvalue weighted by atomic mass is 9.97. The molecule has 0 atom stereocenters. The number of halogens is 27. The van der Waals surface area contributed by atoms with Gasteiger partial charge in [0.05, 0.1) is 27.8 Å². The van der Waals surface area contributed by atoms with E-state index in [2.05, 4.69) is 19.2 Å². The summed E-state index contributed by atoms with van der Waals surface area (Å²) in [6.45, 7) is 13.9. The molecule has 0 aliphatic heterocycles. The van der Waals surface area contributed by atoms with E-state index in [1.54, 1.807) is 33.8 Å². The van der Waals surface area contributed by atoms with Gasteiger partial charge in [-0.1, -0.05) is 80.8 Å². The van der Waals surface area contributed by atoms with Gasteiger partial charge in [-0.2, -0.15) is 92.2 Å². The fourth-order valence-corrected chi connectivity index (χ4v) is 6.54. The smallest absolute Gasteiger partial charge is 0.488 e. The van der Waals surface area contributed by atoms with Crippen LogP contribution in [0.3, 0.4) is 0 Å². The summed E-state index contributed by atoms with van der Waals surface area (Å²) in [6, 6.07) is 12.1. The van der Waals surface area contributed by atoms with Crippen molar-refractivity contribution in [1.29, 1.82) is 0 Å².